The van der Waals surface area contributed by atoms with Crippen LogP contribution in [-0.2, 0) is 0 Å². The lowest BCUT2D eigenvalue weighted by Gasteiger charge is -2.05. The van der Waals surface area contributed by atoms with Crippen molar-refractivity contribution in [3.63, 3.8) is 0 Å². The highest BCUT2D eigenvalue weighted by Gasteiger charge is 2.05. The Balaban J connectivity index is 2.50. The molecular formula is C14H10FNO. The molecular weight excluding hydrogens is 217 g/mol. The third-order valence-corrected chi connectivity index (χ3v) is 2.62. The van der Waals surface area contributed by atoms with E-state index < -0.39 is 5.82 Å². The van der Waals surface area contributed by atoms with Gasteiger partial charge in [0, 0.05) is 0 Å². The second-order valence-corrected chi connectivity index (χ2v) is 3.81. The van der Waals surface area contributed by atoms with Crippen molar-refractivity contribution in [1.82, 2.24) is 0 Å². The number of aromatic hydroxyl groups is 1. The molecule has 2 nitrogen and oxygen atoms in total. The predicted octanol–water partition coefficient (Wildman–Crippen LogP) is 3.38. The molecule has 0 unspecified atom stereocenters. The SMILES string of the molecule is Cc1cc(-c2ccc(C#N)c(F)c2)ccc1O. The van der Waals surface area contributed by atoms with Crippen LogP contribution in [0, 0.1) is 24.1 Å². The van der Waals surface area contributed by atoms with Gasteiger partial charge in [-0.15, -0.1) is 0 Å². The lowest BCUT2D eigenvalue weighted by molar-refractivity contribution is 0.471. The van der Waals surface area contributed by atoms with Crippen molar-refractivity contribution < 1.29 is 9.50 Å². The fraction of sp³-hybridized carbons (Fsp3) is 0.0714. The second-order valence-electron chi connectivity index (χ2n) is 3.81. The van der Waals surface area contributed by atoms with Crippen LogP contribution in [0.15, 0.2) is 36.4 Å². The smallest absolute Gasteiger partial charge is 0.141 e. The van der Waals surface area contributed by atoms with Crippen molar-refractivity contribution in [2.45, 2.75) is 6.92 Å². The largest absolute Gasteiger partial charge is 0.508 e. The van der Waals surface area contributed by atoms with E-state index in [4.69, 9.17) is 5.26 Å². The van der Waals surface area contributed by atoms with Gasteiger partial charge in [-0.25, -0.2) is 4.39 Å². The number of phenols is 1. The van der Waals surface area contributed by atoms with Crippen LogP contribution in [0.2, 0.25) is 0 Å². The molecule has 0 fully saturated rings. The van der Waals surface area contributed by atoms with Crippen molar-refractivity contribution >= 4 is 0 Å². The van der Waals surface area contributed by atoms with Gasteiger partial charge in [-0.05, 0) is 47.9 Å². The molecule has 0 atom stereocenters. The summed E-state index contributed by atoms with van der Waals surface area (Å²) in [5.41, 5.74) is 2.25. The van der Waals surface area contributed by atoms with Gasteiger partial charge in [-0.2, -0.15) is 5.26 Å². The first-order valence-electron chi connectivity index (χ1n) is 5.11. The van der Waals surface area contributed by atoms with Crippen LogP contribution in [0.5, 0.6) is 5.75 Å². The van der Waals surface area contributed by atoms with E-state index in [0.29, 0.717) is 5.56 Å². The van der Waals surface area contributed by atoms with Crippen LogP contribution >= 0.6 is 0 Å². The summed E-state index contributed by atoms with van der Waals surface area (Å²) in [6.07, 6.45) is 0. The third-order valence-electron chi connectivity index (χ3n) is 2.62. The van der Waals surface area contributed by atoms with E-state index in [-0.39, 0.29) is 11.3 Å². The fourth-order valence-corrected chi connectivity index (χ4v) is 1.62. The Morgan fingerprint density at radius 3 is 2.35 bits per heavy atom. The van der Waals surface area contributed by atoms with Gasteiger partial charge in [-0.3, -0.25) is 0 Å². The van der Waals surface area contributed by atoms with Crippen molar-refractivity contribution in [1.29, 1.82) is 5.26 Å². The van der Waals surface area contributed by atoms with Gasteiger partial charge < -0.3 is 5.11 Å². The summed E-state index contributed by atoms with van der Waals surface area (Å²) < 4.78 is 13.4. The Labute approximate surface area is 98.6 Å². The maximum absolute atomic E-state index is 13.4. The summed E-state index contributed by atoms with van der Waals surface area (Å²) in [7, 11) is 0. The molecule has 0 aliphatic rings. The zero-order valence-corrected chi connectivity index (χ0v) is 9.24. The number of benzene rings is 2. The lowest BCUT2D eigenvalue weighted by atomic mass is 10.0. The Hall–Kier alpha value is -2.34. The summed E-state index contributed by atoms with van der Waals surface area (Å²) in [6, 6.07) is 11.3. The summed E-state index contributed by atoms with van der Waals surface area (Å²) in [5, 5.41) is 18.0. The molecule has 0 saturated carbocycles. The number of aryl methyl sites for hydroxylation is 1. The van der Waals surface area contributed by atoms with Crippen LogP contribution in [0.1, 0.15) is 11.1 Å². The van der Waals surface area contributed by atoms with Crippen molar-refractivity contribution in [3.05, 3.63) is 53.3 Å². The molecule has 0 spiro atoms. The molecule has 2 aromatic rings. The van der Waals surface area contributed by atoms with E-state index in [0.717, 1.165) is 11.1 Å². The Bertz CT molecular complexity index is 614. The van der Waals surface area contributed by atoms with Crippen LogP contribution < -0.4 is 0 Å². The Kier molecular flexibility index (Phi) is 2.80. The first-order valence-corrected chi connectivity index (χ1v) is 5.11. The van der Waals surface area contributed by atoms with E-state index >= 15 is 0 Å². The van der Waals surface area contributed by atoms with E-state index in [1.54, 1.807) is 37.3 Å². The number of phenolic OH excluding ortho intramolecular Hbond substituents is 1. The molecule has 1 N–H and O–H groups in total. The van der Waals surface area contributed by atoms with Crippen LogP contribution in [-0.4, -0.2) is 5.11 Å². The summed E-state index contributed by atoms with van der Waals surface area (Å²) in [5.74, 6) is -0.321. The van der Waals surface area contributed by atoms with Gasteiger partial charge in [0.05, 0.1) is 5.56 Å². The lowest BCUT2D eigenvalue weighted by Crippen LogP contribution is -1.86. The van der Waals surface area contributed by atoms with E-state index in [2.05, 4.69) is 0 Å². The second kappa shape index (κ2) is 4.26. The summed E-state index contributed by atoms with van der Waals surface area (Å²) >= 11 is 0. The van der Waals surface area contributed by atoms with Crippen molar-refractivity contribution in [2.75, 3.05) is 0 Å². The highest BCUT2D eigenvalue weighted by molar-refractivity contribution is 5.66. The molecule has 0 aliphatic carbocycles. The third kappa shape index (κ3) is 2.11. The molecule has 0 amide bonds. The fourth-order valence-electron chi connectivity index (χ4n) is 1.62. The minimum Gasteiger partial charge on any atom is -0.508 e. The summed E-state index contributed by atoms with van der Waals surface area (Å²) in [4.78, 5) is 0. The molecule has 0 aromatic heterocycles. The molecule has 0 heterocycles. The quantitative estimate of drug-likeness (QED) is 0.811. The van der Waals surface area contributed by atoms with Crippen LogP contribution in [0.3, 0.4) is 0 Å². The minimum absolute atomic E-state index is 0.0317. The van der Waals surface area contributed by atoms with Gasteiger partial charge >= 0.3 is 0 Å². The normalized spacial score (nSPS) is 9.94. The molecule has 0 bridgehead atoms. The Morgan fingerprint density at radius 2 is 1.76 bits per heavy atom. The first kappa shape index (κ1) is 11.2. The van der Waals surface area contributed by atoms with Gasteiger partial charge in [0.15, 0.2) is 0 Å². The van der Waals surface area contributed by atoms with Gasteiger partial charge in [0.25, 0.3) is 0 Å². The molecule has 2 aromatic carbocycles. The molecule has 17 heavy (non-hydrogen) atoms. The monoisotopic (exact) mass is 227 g/mol. The number of nitriles is 1. The highest BCUT2D eigenvalue weighted by Crippen LogP contribution is 2.26. The molecule has 84 valence electrons. The standard InChI is InChI=1S/C14H10FNO/c1-9-6-10(4-5-14(9)17)11-2-3-12(8-16)13(15)7-11/h2-7,17H,1H3. The maximum Gasteiger partial charge on any atom is 0.141 e. The highest BCUT2D eigenvalue weighted by atomic mass is 19.1. The number of halogens is 1. The Morgan fingerprint density at radius 1 is 1.12 bits per heavy atom. The van der Waals surface area contributed by atoms with Gasteiger partial charge in [0.2, 0.25) is 0 Å². The topological polar surface area (TPSA) is 44.0 Å². The number of rotatable bonds is 1. The number of hydrogen-bond donors (Lipinski definition) is 1. The van der Waals surface area contributed by atoms with E-state index in [9.17, 15) is 9.50 Å². The zero-order valence-electron chi connectivity index (χ0n) is 9.24. The molecule has 2 rings (SSSR count). The molecule has 0 saturated heterocycles. The van der Waals surface area contributed by atoms with Gasteiger partial charge in [-0.1, -0.05) is 12.1 Å². The number of nitrogens with zero attached hydrogens (tertiary/aromatic N) is 1. The average molecular weight is 227 g/mol. The van der Waals surface area contributed by atoms with Gasteiger partial charge in [0.1, 0.15) is 17.6 Å². The maximum atomic E-state index is 13.4. The molecule has 0 aliphatic heterocycles. The van der Waals surface area contributed by atoms with E-state index in [1.807, 2.05) is 0 Å². The van der Waals surface area contributed by atoms with Crippen LogP contribution in [0.4, 0.5) is 4.39 Å². The summed E-state index contributed by atoms with van der Waals surface area (Å²) in [6.45, 7) is 1.78. The van der Waals surface area contributed by atoms with E-state index in [1.165, 1.54) is 12.1 Å². The average Bonchev–Trinajstić information content (AvgIpc) is 2.32. The zero-order chi connectivity index (χ0) is 12.4. The van der Waals surface area contributed by atoms with Crippen molar-refractivity contribution in [2.24, 2.45) is 0 Å². The molecule has 3 heteroatoms. The van der Waals surface area contributed by atoms with Crippen molar-refractivity contribution in [3.8, 4) is 22.9 Å². The predicted molar refractivity (Wildman–Crippen MR) is 63.0 cm³/mol. The molecule has 0 radical (unpaired) electrons. The van der Waals surface area contributed by atoms with Crippen LogP contribution in [0.25, 0.3) is 11.1 Å². The first-order chi connectivity index (χ1) is 8.11. The minimum atomic E-state index is -0.532. The number of hydrogen-bond acceptors (Lipinski definition) is 2.